The predicted molar refractivity (Wildman–Crippen MR) is 266 cm³/mol. The number of aliphatic imine (C=N–C) groups is 1. The van der Waals surface area contributed by atoms with Crippen LogP contribution in [-0.2, 0) is 32.1 Å². The van der Waals surface area contributed by atoms with Crippen molar-refractivity contribution in [3.05, 3.63) is 197 Å². The molecule has 1 aliphatic heterocycles. The summed E-state index contributed by atoms with van der Waals surface area (Å²) in [7, 11) is -6.89. The zero-order valence-electron chi connectivity index (χ0n) is 38.0. The molecule has 0 fully saturated rings. The fourth-order valence-corrected chi connectivity index (χ4v) is 9.20. The van der Waals surface area contributed by atoms with Gasteiger partial charge in [-0.25, -0.2) is 31.5 Å². The highest BCUT2D eigenvalue weighted by atomic mass is 32.2. The third-order valence-electron chi connectivity index (χ3n) is 10.7. The summed E-state index contributed by atoms with van der Waals surface area (Å²) >= 11 is 0. The lowest BCUT2D eigenvalue weighted by atomic mass is 9.77. The standard InChI is InChI=1S/C35H32N4O3S.C17H19N3O3S/c1-25(2)42-30-19-20-32-31(24-30)34(26-21-22-36-33(23-26)38-43(3,40)41)37-39(32)35(27-13-7-4-8-14-27,28-15-9-5-10-16-28)29-17-11-6-12-18-29;1-11(2)23-14-5-4-13-10-19-17(15(13)9-14)12-6-7-18-16(8-12)20-24(3,21)22/h4-25H,1-3H3,(H,36,38);4-9,11H,10H2,1-3H3,(H,18,20). The van der Waals surface area contributed by atoms with Crippen molar-refractivity contribution in [2.45, 2.75) is 52.0 Å². The van der Waals surface area contributed by atoms with E-state index in [1.54, 1.807) is 24.5 Å². The summed E-state index contributed by atoms with van der Waals surface area (Å²) in [5.74, 6) is 2.01. The molecule has 9 rings (SSSR count). The lowest BCUT2D eigenvalue weighted by Crippen LogP contribution is -2.38. The molecule has 0 bridgehead atoms. The van der Waals surface area contributed by atoms with Crippen LogP contribution in [0.15, 0.2) is 169 Å². The summed E-state index contributed by atoms with van der Waals surface area (Å²) in [6, 6.07) is 50.1. The van der Waals surface area contributed by atoms with Crippen molar-refractivity contribution >= 4 is 48.3 Å². The Balaban J connectivity index is 0.000000214. The molecule has 0 aliphatic carbocycles. The maximum absolute atomic E-state index is 12.0. The van der Waals surface area contributed by atoms with Gasteiger partial charge >= 0.3 is 0 Å². The van der Waals surface area contributed by atoms with E-state index in [0.717, 1.165) is 79.6 Å². The Hall–Kier alpha value is -7.36. The average Bonchev–Trinajstić information content (AvgIpc) is 3.89. The summed E-state index contributed by atoms with van der Waals surface area (Å²) in [6.45, 7) is 8.55. The van der Waals surface area contributed by atoms with Crippen LogP contribution in [-0.4, -0.2) is 67.0 Å². The van der Waals surface area contributed by atoms with Crippen LogP contribution in [0.4, 0.5) is 11.6 Å². The first kappa shape index (κ1) is 46.2. The molecular formula is C52H51N7O6S2. The lowest BCUT2D eigenvalue weighted by molar-refractivity contribution is 0.242. The summed E-state index contributed by atoms with van der Waals surface area (Å²) in [4.78, 5) is 12.9. The van der Waals surface area contributed by atoms with Crippen LogP contribution < -0.4 is 18.9 Å². The van der Waals surface area contributed by atoms with Gasteiger partial charge in [0, 0.05) is 34.5 Å². The summed E-state index contributed by atoms with van der Waals surface area (Å²) in [6.07, 6.45) is 5.43. The number of benzene rings is 5. The smallest absolute Gasteiger partial charge is 0.230 e. The Kier molecular flexibility index (Phi) is 13.3. The summed E-state index contributed by atoms with van der Waals surface area (Å²) in [5.41, 5.74) is 8.32. The largest absolute Gasteiger partial charge is 0.491 e. The number of nitrogens with zero attached hydrogens (tertiary/aromatic N) is 5. The molecule has 0 amide bonds. The second-order valence-electron chi connectivity index (χ2n) is 16.7. The molecule has 2 N–H and O–H groups in total. The molecule has 342 valence electrons. The first-order valence-electron chi connectivity index (χ1n) is 21.7. The molecular weight excluding hydrogens is 883 g/mol. The second kappa shape index (κ2) is 19.2. The zero-order chi connectivity index (χ0) is 47.3. The number of rotatable bonds is 14. The third kappa shape index (κ3) is 10.5. The minimum atomic E-state index is -3.52. The fraction of sp³-hybridized carbons (Fsp3) is 0.192. The highest BCUT2D eigenvalue weighted by Crippen LogP contribution is 2.44. The average molecular weight is 934 g/mol. The number of sulfonamides is 2. The maximum atomic E-state index is 12.0. The molecule has 5 aromatic carbocycles. The van der Waals surface area contributed by atoms with E-state index in [-0.39, 0.29) is 23.8 Å². The number of pyridine rings is 2. The molecule has 0 atom stereocenters. The molecule has 1 aliphatic rings. The molecule has 3 aromatic heterocycles. The van der Waals surface area contributed by atoms with Crippen LogP contribution in [0, 0.1) is 0 Å². The van der Waals surface area contributed by atoms with E-state index in [2.05, 4.69) is 65.5 Å². The number of ether oxygens (including phenoxy) is 2. The number of aromatic nitrogens is 4. The van der Waals surface area contributed by atoms with Crippen molar-refractivity contribution in [3.63, 3.8) is 0 Å². The second-order valence-corrected chi connectivity index (χ2v) is 20.2. The Morgan fingerprint density at radius 1 is 0.582 bits per heavy atom. The Morgan fingerprint density at radius 2 is 1.06 bits per heavy atom. The first-order chi connectivity index (χ1) is 32.1. The molecule has 0 spiro atoms. The van der Waals surface area contributed by atoms with E-state index < -0.39 is 25.6 Å². The zero-order valence-corrected chi connectivity index (χ0v) is 39.6. The van der Waals surface area contributed by atoms with Gasteiger partial charge in [-0.05, 0) is 105 Å². The Bertz CT molecular complexity index is 3190. The maximum Gasteiger partial charge on any atom is 0.230 e. The van der Waals surface area contributed by atoms with Crippen LogP contribution in [0.25, 0.3) is 22.2 Å². The van der Waals surface area contributed by atoms with Gasteiger partial charge in [0.25, 0.3) is 0 Å². The van der Waals surface area contributed by atoms with E-state index in [1.807, 2.05) is 131 Å². The number of hydrogen-bond donors (Lipinski definition) is 2. The molecule has 0 unspecified atom stereocenters. The van der Waals surface area contributed by atoms with Crippen molar-refractivity contribution < 1.29 is 26.3 Å². The SMILES string of the molecule is CC(C)Oc1ccc2c(c1)C(c1ccnc(NS(C)(=O)=O)c1)=NC2.CC(C)Oc1ccc2c(c1)c(-c1ccnc(NS(C)(=O)=O)c1)nn2C(c1ccccc1)(c1ccccc1)c1ccccc1. The molecule has 0 saturated heterocycles. The molecule has 0 saturated carbocycles. The van der Waals surface area contributed by atoms with Gasteiger partial charge in [0.05, 0.1) is 42.5 Å². The molecule has 0 radical (unpaired) electrons. The minimum Gasteiger partial charge on any atom is -0.491 e. The number of anilines is 2. The van der Waals surface area contributed by atoms with E-state index >= 15 is 0 Å². The van der Waals surface area contributed by atoms with Crippen molar-refractivity contribution in [3.8, 4) is 22.8 Å². The predicted octanol–water partition coefficient (Wildman–Crippen LogP) is 9.69. The van der Waals surface area contributed by atoms with Gasteiger partial charge in [0.15, 0.2) is 0 Å². The summed E-state index contributed by atoms with van der Waals surface area (Å²) in [5, 5.41) is 6.24. The molecule has 67 heavy (non-hydrogen) atoms. The van der Waals surface area contributed by atoms with Crippen LogP contribution in [0.2, 0.25) is 0 Å². The topological polar surface area (TPSA) is 167 Å². The van der Waals surface area contributed by atoms with Gasteiger partial charge in [-0.2, -0.15) is 5.10 Å². The Morgan fingerprint density at radius 3 is 1.57 bits per heavy atom. The molecule has 15 heteroatoms. The van der Waals surface area contributed by atoms with E-state index in [4.69, 9.17) is 14.6 Å². The fourth-order valence-electron chi connectivity index (χ4n) is 8.22. The quantitative estimate of drug-likeness (QED) is 0.101. The molecule has 4 heterocycles. The van der Waals surface area contributed by atoms with Crippen LogP contribution in [0.1, 0.15) is 61.1 Å². The first-order valence-corrected chi connectivity index (χ1v) is 25.4. The van der Waals surface area contributed by atoms with E-state index in [0.29, 0.717) is 12.2 Å². The van der Waals surface area contributed by atoms with Gasteiger partial charge in [-0.3, -0.25) is 14.4 Å². The van der Waals surface area contributed by atoms with Crippen molar-refractivity contribution in [1.29, 1.82) is 0 Å². The summed E-state index contributed by atoms with van der Waals surface area (Å²) < 4.78 is 65.6. The number of nitrogens with one attached hydrogen (secondary N) is 2. The number of fused-ring (bicyclic) bond motifs is 2. The Labute approximate surface area is 391 Å². The van der Waals surface area contributed by atoms with Crippen LogP contribution in [0.5, 0.6) is 11.5 Å². The van der Waals surface area contributed by atoms with Gasteiger partial charge in [0.1, 0.15) is 34.4 Å². The van der Waals surface area contributed by atoms with Crippen LogP contribution >= 0.6 is 0 Å². The lowest BCUT2D eigenvalue weighted by Gasteiger charge is -2.37. The molecule has 8 aromatic rings. The normalized spacial score (nSPS) is 12.6. The highest BCUT2D eigenvalue weighted by Gasteiger charge is 2.41. The highest BCUT2D eigenvalue weighted by molar-refractivity contribution is 7.92. The van der Waals surface area contributed by atoms with Gasteiger partial charge < -0.3 is 9.47 Å². The molecule has 13 nitrogen and oxygen atoms in total. The van der Waals surface area contributed by atoms with Gasteiger partial charge in [0.2, 0.25) is 20.0 Å². The monoisotopic (exact) mass is 933 g/mol. The van der Waals surface area contributed by atoms with Crippen molar-refractivity contribution in [2.75, 3.05) is 22.0 Å². The number of hydrogen-bond acceptors (Lipinski definition) is 10. The van der Waals surface area contributed by atoms with E-state index in [9.17, 15) is 16.8 Å². The third-order valence-corrected chi connectivity index (χ3v) is 11.8. The van der Waals surface area contributed by atoms with Gasteiger partial charge in [-0.15, -0.1) is 0 Å². The van der Waals surface area contributed by atoms with Crippen molar-refractivity contribution in [1.82, 2.24) is 19.7 Å². The van der Waals surface area contributed by atoms with E-state index in [1.165, 1.54) is 0 Å². The minimum absolute atomic E-state index is 0.0144. The van der Waals surface area contributed by atoms with Gasteiger partial charge in [-0.1, -0.05) is 97.1 Å². The van der Waals surface area contributed by atoms with Crippen molar-refractivity contribution in [2.24, 2.45) is 4.99 Å². The van der Waals surface area contributed by atoms with Crippen LogP contribution in [0.3, 0.4) is 0 Å².